The highest BCUT2D eigenvalue weighted by atomic mass is 35.5. The van der Waals surface area contributed by atoms with Crippen molar-refractivity contribution in [2.24, 2.45) is 0 Å². The Morgan fingerprint density at radius 3 is 2.50 bits per heavy atom. The number of hydrogen-bond acceptors (Lipinski definition) is 5. The Bertz CT molecular complexity index is 407. The minimum Gasteiger partial charge on any atom is -0.473 e. The Labute approximate surface area is 125 Å². The van der Waals surface area contributed by atoms with Crippen LogP contribution in [-0.2, 0) is 4.74 Å². The smallest absolute Gasteiger partial charge is 0.236 e. The summed E-state index contributed by atoms with van der Waals surface area (Å²) in [7, 11) is 0. The van der Waals surface area contributed by atoms with Gasteiger partial charge in [0, 0.05) is 31.5 Å². The van der Waals surface area contributed by atoms with Gasteiger partial charge in [0.15, 0.2) is 0 Å². The lowest BCUT2D eigenvalue weighted by molar-refractivity contribution is 0.0821. The van der Waals surface area contributed by atoms with Crippen LogP contribution in [-0.4, -0.2) is 42.4 Å². The Balaban J connectivity index is 0.00000147. The third kappa shape index (κ3) is 3.81. The number of rotatable bonds is 3. The van der Waals surface area contributed by atoms with E-state index in [1.807, 2.05) is 0 Å². The van der Waals surface area contributed by atoms with Crippen LogP contribution in [0, 0.1) is 0 Å². The quantitative estimate of drug-likeness (QED) is 0.924. The molecule has 3 rings (SSSR count). The van der Waals surface area contributed by atoms with Gasteiger partial charge in [-0.1, -0.05) is 0 Å². The van der Waals surface area contributed by atoms with Crippen molar-refractivity contribution < 1.29 is 9.47 Å². The molecule has 1 N–H and O–H groups in total. The standard InChI is InChI=1S/C14H21N3O2.ClH/c1-5-15-6-2-12(1)19-14-13(16-7-8-17-14)11-3-9-18-10-4-11;/h7-8,11-12,15H,1-6,9-10H2;1H. The summed E-state index contributed by atoms with van der Waals surface area (Å²) in [5, 5.41) is 3.35. The summed E-state index contributed by atoms with van der Waals surface area (Å²) in [6, 6.07) is 0. The Morgan fingerprint density at radius 1 is 1.05 bits per heavy atom. The zero-order valence-corrected chi connectivity index (χ0v) is 12.4. The molecule has 0 unspecified atom stereocenters. The third-order valence-electron chi connectivity index (χ3n) is 3.86. The van der Waals surface area contributed by atoms with Crippen LogP contribution in [0.2, 0.25) is 0 Å². The summed E-state index contributed by atoms with van der Waals surface area (Å²) in [5.74, 6) is 1.17. The topological polar surface area (TPSA) is 56.3 Å². The maximum Gasteiger partial charge on any atom is 0.236 e. The summed E-state index contributed by atoms with van der Waals surface area (Å²) in [5.41, 5.74) is 1.02. The second kappa shape index (κ2) is 7.76. The van der Waals surface area contributed by atoms with Crippen LogP contribution < -0.4 is 10.1 Å². The molecule has 0 bridgehead atoms. The van der Waals surface area contributed by atoms with Crippen molar-refractivity contribution in [2.75, 3.05) is 26.3 Å². The fraction of sp³-hybridized carbons (Fsp3) is 0.714. The summed E-state index contributed by atoms with van der Waals surface area (Å²) >= 11 is 0. The van der Waals surface area contributed by atoms with Gasteiger partial charge in [-0.05, 0) is 38.8 Å². The van der Waals surface area contributed by atoms with Crippen molar-refractivity contribution in [3.63, 3.8) is 0 Å². The molecule has 2 saturated heterocycles. The number of ether oxygens (including phenoxy) is 2. The third-order valence-corrected chi connectivity index (χ3v) is 3.86. The van der Waals surface area contributed by atoms with Gasteiger partial charge in [-0.2, -0.15) is 0 Å². The fourth-order valence-electron chi connectivity index (χ4n) is 2.75. The molecule has 0 aromatic carbocycles. The molecule has 0 radical (unpaired) electrons. The van der Waals surface area contributed by atoms with Gasteiger partial charge in [0.25, 0.3) is 0 Å². The molecule has 0 aliphatic carbocycles. The molecule has 112 valence electrons. The molecule has 3 heterocycles. The van der Waals surface area contributed by atoms with Crippen LogP contribution in [0.25, 0.3) is 0 Å². The van der Waals surface area contributed by atoms with Gasteiger partial charge in [0.2, 0.25) is 5.88 Å². The molecule has 6 heteroatoms. The zero-order valence-electron chi connectivity index (χ0n) is 11.6. The number of aromatic nitrogens is 2. The molecule has 0 spiro atoms. The molecule has 1 aromatic rings. The van der Waals surface area contributed by atoms with Crippen molar-refractivity contribution in [2.45, 2.75) is 37.7 Å². The number of hydrogen-bond donors (Lipinski definition) is 1. The normalized spacial score (nSPS) is 21.2. The van der Waals surface area contributed by atoms with Gasteiger partial charge in [-0.25, -0.2) is 4.98 Å². The van der Waals surface area contributed by atoms with Crippen LogP contribution in [0.5, 0.6) is 5.88 Å². The lowest BCUT2D eigenvalue weighted by Gasteiger charge is -2.26. The molecule has 0 saturated carbocycles. The Morgan fingerprint density at radius 2 is 1.75 bits per heavy atom. The maximum atomic E-state index is 6.09. The van der Waals surface area contributed by atoms with Crippen molar-refractivity contribution in [3.8, 4) is 5.88 Å². The minimum absolute atomic E-state index is 0. The molecule has 2 aliphatic rings. The largest absolute Gasteiger partial charge is 0.473 e. The van der Waals surface area contributed by atoms with E-state index in [-0.39, 0.29) is 18.5 Å². The van der Waals surface area contributed by atoms with Crippen LogP contribution in [0.3, 0.4) is 0 Å². The van der Waals surface area contributed by atoms with E-state index in [0.29, 0.717) is 5.92 Å². The van der Waals surface area contributed by atoms with Crippen molar-refractivity contribution in [1.29, 1.82) is 0 Å². The van der Waals surface area contributed by atoms with E-state index in [1.165, 1.54) is 0 Å². The molecule has 1 aromatic heterocycles. The first kappa shape index (κ1) is 15.5. The van der Waals surface area contributed by atoms with Crippen LogP contribution in [0.1, 0.15) is 37.3 Å². The molecular weight excluding hydrogens is 278 g/mol. The van der Waals surface area contributed by atoms with E-state index in [9.17, 15) is 0 Å². The molecule has 2 fully saturated rings. The van der Waals surface area contributed by atoms with Gasteiger partial charge < -0.3 is 14.8 Å². The SMILES string of the molecule is Cl.c1cnc(C2CCOCC2)c(OC2CCNCC2)n1. The molecule has 0 amide bonds. The minimum atomic E-state index is 0. The van der Waals surface area contributed by atoms with Crippen LogP contribution >= 0.6 is 12.4 Å². The highest BCUT2D eigenvalue weighted by molar-refractivity contribution is 5.85. The van der Waals surface area contributed by atoms with Gasteiger partial charge in [-0.15, -0.1) is 12.4 Å². The summed E-state index contributed by atoms with van der Waals surface area (Å²) in [4.78, 5) is 8.91. The first-order chi connectivity index (χ1) is 9.43. The lowest BCUT2D eigenvalue weighted by atomic mass is 9.96. The zero-order chi connectivity index (χ0) is 12.9. The van der Waals surface area contributed by atoms with E-state index in [4.69, 9.17) is 9.47 Å². The summed E-state index contributed by atoms with van der Waals surface area (Å²) in [6.45, 7) is 3.68. The van der Waals surface area contributed by atoms with E-state index >= 15 is 0 Å². The van der Waals surface area contributed by atoms with E-state index in [0.717, 1.165) is 63.6 Å². The average molecular weight is 300 g/mol. The van der Waals surface area contributed by atoms with Crippen molar-refractivity contribution in [3.05, 3.63) is 18.1 Å². The Hall–Kier alpha value is -0.910. The highest BCUT2D eigenvalue weighted by Gasteiger charge is 2.24. The molecule has 2 aliphatic heterocycles. The molecule has 20 heavy (non-hydrogen) atoms. The predicted octanol–water partition coefficient (Wildman–Crippen LogP) is 1.92. The molecule has 0 atom stereocenters. The fourth-order valence-corrected chi connectivity index (χ4v) is 2.75. The van der Waals surface area contributed by atoms with Gasteiger partial charge in [0.1, 0.15) is 11.8 Å². The van der Waals surface area contributed by atoms with Gasteiger partial charge in [-0.3, -0.25) is 4.98 Å². The highest BCUT2D eigenvalue weighted by Crippen LogP contribution is 2.31. The number of nitrogens with zero attached hydrogens (tertiary/aromatic N) is 2. The number of piperidine rings is 1. The predicted molar refractivity (Wildman–Crippen MR) is 78.6 cm³/mol. The van der Waals surface area contributed by atoms with Gasteiger partial charge in [0.05, 0.1) is 0 Å². The molecule has 5 nitrogen and oxygen atoms in total. The van der Waals surface area contributed by atoms with Crippen molar-refractivity contribution in [1.82, 2.24) is 15.3 Å². The van der Waals surface area contributed by atoms with Crippen molar-refractivity contribution >= 4 is 12.4 Å². The number of halogens is 1. The maximum absolute atomic E-state index is 6.09. The average Bonchev–Trinajstić information content (AvgIpc) is 2.50. The molecular formula is C14H22ClN3O2. The first-order valence-electron chi connectivity index (χ1n) is 7.19. The monoisotopic (exact) mass is 299 g/mol. The van der Waals surface area contributed by atoms with Crippen LogP contribution in [0.4, 0.5) is 0 Å². The second-order valence-corrected chi connectivity index (χ2v) is 5.20. The number of nitrogens with one attached hydrogen (secondary N) is 1. The lowest BCUT2D eigenvalue weighted by Crippen LogP contribution is -2.34. The van der Waals surface area contributed by atoms with Gasteiger partial charge >= 0.3 is 0 Å². The second-order valence-electron chi connectivity index (χ2n) is 5.20. The van der Waals surface area contributed by atoms with E-state index in [2.05, 4.69) is 15.3 Å². The summed E-state index contributed by atoms with van der Waals surface area (Å²) < 4.78 is 11.5. The van der Waals surface area contributed by atoms with Crippen LogP contribution in [0.15, 0.2) is 12.4 Å². The summed E-state index contributed by atoms with van der Waals surface area (Å²) in [6.07, 6.45) is 7.88. The van der Waals surface area contributed by atoms with E-state index < -0.39 is 0 Å². The Kier molecular flexibility index (Phi) is 6.01. The van der Waals surface area contributed by atoms with E-state index in [1.54, 1.807) is 12.4 Å². The first-order valence-corrected chi connectivity index (χ1v) is 7.19.